The minimum absolute atomic E-state index is 0.00130. The maximum absolute atomic E-state index is 13.7. The van der Waals surface area contributed by atoms with Gasteiger partial charge in [0, 0.05) is 32.5 Å². The van der Waals surface area contributed by atoms with E-state index in [0.717, 1.165) is 33.9 Å². The van der Waals surface area contributed by atoms with Crippen molar-refractivity contribution in [3.63, 3.8) is 0 Å². The fourth-order valence-electron chi connectivity index (χ4n) is 6.99. The quantitative estimate of drug-likeness (QED) is 0.131. The van der Waals surface area contributed by atoms with Gasteiger partial charge in [0.05, 0.1) is 38.3 Å². The predicted molar refractivity (Wildman–Crippen MR) is 306 cm³/mol. The van der Waals surface area contributed by atoms with Crippen LogP contribution >= 0.6 is 0 Å². The summed E-state index contributed by atoms with van der Waals surface area (Å²) >= 11 is 0. The lowest BCUT2D eigenvalue weighted by atomic mass is 9.82. The minimum atomic E-state index is -0.634. The summed E-state index contributed by atoms with van der Waals surface area (Å²) in [4.78, 5) is 83.2. The van der Waals surface area contributed by atoms with E-state index in [1.165, 1.54) is 0 Å². The summed E-state index contributed by atoms with van der Waals surface area (Å²) in [7, 11) is 0. The monoisotopic (exact) mass is 1020 g/mol. The van der Waals surface area contributed by atoms with Gasteiger partial charge in [-0.15, -0.1) is 0 Å². The molecule has 0 spiro atoms. The van der Waals surface area contributed by atoms with Crippen LogP contribution in [0.15, 0.2) is 72.8 Å². The van der Waals surface area contributed by atoms with Gasteiger partial charge >= 0.3 is 0 Å². The Hall–Kier alpha value is -4.80. The van der Waals surface area contributed by atoms with Crippen LogP contribution in [0.25, 0.3) is 11.1 Å². The zero-order valence-corrected chi connectivity index (χ0v) is 50.6. The molecule has 2 unspecified atom stereocenters. The van der Waals surface area contributed by atoms with Crippen molar-refractivity contribution in [3.05, 3.63) is 83.9 Å². The van der Waals surface area contributed by atoms with Gasteiger partial charge in [0.2, 0.25) is 0 Å². The molecule has 3 rings (SSSR count). The second kappa shape index (κ2) is 26.8. The second-order valence-electron chi connectivity index (χ2n) is 28.0. The van der Waals surface area contributed by atoms with Crippen LogP contribution in [0.2, 0.25) is 0 Å². The van der Waals surface area contributed by atoms with E-state index >= 15 is 0 Å². The van der Waals surface area contributed by atoms with E-state index < -0.39 is 44.6 Å². The zero-order chi connectivity index (χ0) is 57.7. The van der Waals surface area contributed by atoms with Gasteiger partial charge in [-0.2, -0.15) is 0 Å². The van der Waals surface area contributed by atoms with E-state index in [1.807, 2.05) is 206 Å². The summed E-state index contributed by atoms with van der Waals surface area (Å²) < 4.78 is 5.92. The van der Waals surface area contributed by atoms with Crippen LogP contribution in [0.5, 0.6) is 11.5 Å². The number of Topliss-reactive ketones (excluding diaryl/α,β-unsaturated/α-hetero) is 6. The first-order chi connectivity index (χ1) is 33.2. The number of aromatic hydroxyl groups is 1. The highest BCUT2D eigenvalue weighted by molar-refractivity contribution is 5.94. The molecule has 0 radical (unpaired) electrons. The average Bonchev–Trinajstić information content (AvgIpc) is 3.22. The molecule has 74 heavy (non-hydrogen) atoms. The molecule has 0 aromatic heterocycles. The Morgan fingerprint density at radius 3 is 0.878 bits per heavy atom. The lowest BCUT2D eigenvalue weighted by molar-refractivity contribution is -0.139. The first-order valence-corrected chi connectivity index (χ1v) is 26.6. The van der Waals surface area contributed by atoms with Gasteiger partial charge in [-0.3, -0.25) is 38.6 Å². The molecule has 0 aliphatic rings. The van der Waals surface area contributed by atoms with Crippen LogP contribution in [-0.2, 0) is 41.6 Å². The smallest absolute Gasteiger partial charge is 0.155 e. The molecule has 3 aromatic carbocycles. The normalized spacial score (nSPS) is 13.6. The number of ether oxygens (including phenoxy) is 1. The topological polar surface area (TPSA) is 138 Å². The van der Waals surface area contributed by atoms with Gasteiger partial charge in [0.15, 0.2) is 34.7 Å². The lowest BCUT2D eigenvalue weighted by Crippen LogP contribution is -2.53. The number of nitrogens with zero attached hydrogens (tertiary/aromatic N) is 2. The molecule has 0 aliphatic heterocycles. The summed E-state index contributed by atoms with van der Waals surface area (Å²) in [5, 5.41) is 9.56. The molecule has 0 saturated carbocycles. The van der Waals surface area contributed by atoms with Crippen LogP contribution in [-0.4, -0.2) is 93.5 Å². The zero-order valence-electron chi connectivity index (χ0n) is 50.6. The number of phenols is 1. The van der Waals surface area contributed by atoms with Crippen LogP contribution < -0.4 is 4.74 Å². The fraction of sp³-hybridized carbons (Fsp3) is 0.625. The first-order valence-electron chi connectivity index (χ1n) is 26.6. The molecule has 2 atom stereocenters. The third-order valence-corrected chi connectivity index (χ3v) is 12.1. The molecule has 0 saturated heterocycles. The number of carbonyl (C=O) groups is 6. The van der Waals surface area contributed by atoms with Crippen molar-refractivity contribution in [2.45, 2.75) is 197 Å². The Morgan fingerprint density at radius 1 is 0.405 bits per heavy atom. The highest BCUT2D eigenvalue weighted by Gasteiger charge is 2.40. The number of benzene rings is 3. The molecule has 10 nitrogen and oxygen atoms in total. The van der Waals surface area contributed by atoms with Gasteiger partial charge in [-0.1, -0.05) is 194 Å². The average molecular weight is 1030 g/mol. The van der Waals surface area contributed by atoms with Gasteiger partial charge < -0.3 is 9.84 Å². The maximum atomic E-state index is 13.7. The fourth-order valence-corrected chi connectivity index (χ4v) is 6.99. The van der Waals surface area contributed by atoms with Crippen molar-refractivity contribution in [2.75, 3.05) is 26.2 Å². The van der Waals surface area contributed by atoms with Crippen LogP contribution in [0.1, 0.15) is 177 Å². The summed E-state index contributed by atoms with van der Waals surface area (Å²) in [6.07, 6.45) is 0.821. The largest absolute Gasteiger partial charge is 0.508 e. The van der Waals surface area contributed by atoms with Crippen molar-refractivity contribution >= 4 is 34.7 Å². The summed E-state index contributed by atoms with van der Waals surface area (Å²) in [6, 6.07) is 21.5. The Morgan fingerprint density at radius 2 is 0.649 bits per heavy atom. The van der Waals surface area contributed by atoms with Crippen molar-refractivity contribution < 1.29 is 38.6 Å². The van der Waals surface area contributed by atoms with Gasteiger partial charge in [0.1, 0.15) is 17.1 Å². The Kier molecular flexibility index (Phi) is 24.3. The highest BCUT2D eigenvalue weighted by Crippen LogP contribution is 2.30. The summed E-state index contributed by atoms with van der Waals surface area (Å²) in [5.41, 5.74) is 0.0527. The van der Waals surface area contributed by atoms with E-state index in [1.54, 1.807) is 21.9 Å². The summed E-state index contributed by atoms with van der Waals surface area (Å²) in [6.45, 7) is 46.4. The van der Waals surface area contributed by atoms with Crippen molar-refractivity contribution in [2.24, 2.45) is 38.4 Å². The molecule has 0 aliphatic carbocycles. The summed E-state index contributed by atoms with van der Waals surface area (Å²) in [5.74, 6) is 1.85. The molecular formula is C64H100N2O8. The molecule has 0 amide bonds. The second-order valence-corrected chi connectivity index (χ2v) is 28.0. The molecule has 0 bridgehead atoms. The molecule has 3 aromatic rings. The van der Waals surface area contributed by atoms with E-state index in [2.05, 4.69) is 20.8 Å². The first kappa shape index (κ1) is 67.2. The number of carbonyl (C=O) groups excluding carboxylic acids is 6. The Bertz CT molecular complexity index is 2230. The van der Waals surface area contributed by atoms with Crippen molar-refractivity contribution in [1.29, 1.82) is 0 Å². The van der Waals surface area contributed by atoms with E-state index in [-0.39, 0.29) is 72.2 Å². The number of rotatable bonds is 18. The number of phenolic OH excluding ortho intramolecular Hbond substituents is 1. The number of hydrogen-bond donors (Lipinski definition) is 1. The molecule has 1 N–H and O–H groups in total. The molecule has 0 fully saturated rings. The molecule has 414 valence electrons. The van der Waals surface area contributed by atoms with Crippen LogP contribution in [0, 0.1) is 38.4 Å². The van der Waals surface area contributed by atoms with Gasteiger partial charge in [-0.05, 0) is 86.1 Å². The van der Waals surface area contributed by atoms with Crippen molar-refractivity contribution in [1.82, 2.24) is 9.80 Å². The highest BCUT2D eigenvalue weighted by atomic mass is 16.5. The Balaban J connectivity index is 0.000000691. The Labute approximate surface area is 449 Å². The van der Waals surface area contributed by atoms with E-state index in [4.69, 9.17) is 4.74 Å². The van der Waals surface area contributed by atoms with Crippen LogP contribution in [0.4, 0.5) is 0 Å². The third kappa shape index (κ3) is 24.3. The van der Waals surface area contributed by atoms with Crippen LogP contribution in [0.3, 0.4) is 0 Å². The third-order valence-electron chi connectivity index (χ3n) is 12.1. The molecular weight excluding hydrogens is 925 g/mol. The minimum Gasteiger partial charge on any atom is -0.508 e. The van der Waals surface area contributed by atoms with Crippen molar-refractivity contribution in [3.8, 4) is 22.6 Å². The van der Waals surface area contributed by atoms with E-state index in [0.29, 0.717) is 12.8 Å². The maximum Gasteiger partial charge on any atom is 0.155 e. The van der Waals surface area contributed by atoms with Gasteiger partial charge in [-0.25, -0.2) is 0 Å². The number of ketones is 6. The predicted octanol–water partition coefficient (Wildman–Crippen LogP) is 13.7. The van der Waals surface area contributed by atoms with E-state index in [9.17, 15) is 33.9 Å². The standard InChI is InChI=1S/C31H43NO4.C29H47NO4.C4H10/c1-29(2,3)26(34)19-32(20-27(35)30(4,5)6)25(28(36)31(7,8)9)18-21-10-12-22(13-11-21)23-14-16-24(33)17-15-23;1-26(2,3)23(31)18-30(19-24(32)27(4,5)6)22(25(33)28(7,8)9)17-20-13-15-21(16-14-20)34-29(10,11)12;1-4(2)3/h10-17,25,33H,18-20H2,1-9H3;13-16,22H,17-19H2,1-12H3;4H,1-3H3. The SMILES string of the molecule is CC(C)(C)C(=O)CN(CC(=O)C(C)(C)C)C(Cc1ccc(-c2ccc(O)cc2)cc1)C(=O)C(C)(C)C.CC(C)(C)Oc1ccc(CC(C(=O)C(C)(C)C)N(CC(=O)C(C)(C)C)CC(=O)C(C)(C)C)cc1.CC(C)C. The van der Waals surface area contributed by atoms with Gasteiger partial charge in [0.25, 0.3) is 0 Å². The molecule has 10 heteroatoms. The lowest BCUT2D eigenvalue weighted by Gasteiger charge is -2.36. The molecule has 0 heterocycles. The number of hydrogen-bond acceptors (Lipinski definition) is 10.